The van der Waals surface area contributed by atoms with E-state index in [-0.39, 0.29) is 12.3 Å². The molecule has 2 atom stereocenters. The molecule has 98 valence electrons. The molecular formula is C13H18N2O3. The van der Waals surface area contributed by atoms with E-state index in [9.17, 15) is 15.2 Å². The number of hydrogen-bond acceptors (Lipinski definition) is 4. The number of nitrogens with one attached hydrogen (secondary N) is 1. The lowest BCUT2D eigenvalue weighted by atomic mass is 9.97. The standard InChI is InChI=1S/C13H18N2O3/c16-9-11-4-1-3-10(11)8-14-12-5-2-6-13(7-12)15(17)18/h2,5-7,10-11,14,16H,1,3-4,8-9H2. The van der Waals surface area contributed by atoms with Crippen LogP contribution < -0.4 is 5.32 Å². The molecule has 1 aliphatic carbocycles. The van der Waals surface area contributed by atoms with Crippen molar-refractivity contribution in [3.8, 4) is 0 Å². The van der Waals surface area contributed by atoms with Crippen molar-refractivity contribution in [3.63, 3.8) is 0 Å². The monoisotopic (exact) mass is 250 g/mol. The maximum Gasteiger partial charge on any atom is 0.271 e. The largest absolute Gasteiger partial charge is 0.396 e. The molecule has 0 heterocycles. The fraction of sp³-hybridized carbons (Fsp3) is 0.538. The molecule has 1 aromatic rings. The molecule has 5 nitrogen and oxygen atoms in total. The minimum atomic E-state index is -0.392. The predicted octanol–water partition coefficient (Wildman–Crippen LogP) is 2.42. The Morgan fingerprint density at radius 3 is 2.89 bits per heavy atom. The summed E-state index contributed by atoms with van der Waals surface area (Å²) >= 11 is 0. The Kier molecular flexibility index (Phi) is 4.15. The Hall–Kier alpha value is -1.62. The third kappa shape index (κ3) is 2.98. The average Bonchev–Trinajstić information content (AvgIpc) is 2.84. The molecule has 0 aromatic heterocycles. The van der Waals surface area contributed by atoms with Crippen molar-refractivity contribution in [3.05, 3.63) is 34.4 Å². The smallest absolute Gasteiger partial charge is 0.271 e. The van der Waals surface area contributed by atoms with Gasteiger partial charge in [0.1, 0.15) is 0 Å². The highest BCUT2D eigenvalue weighted by Gasteiger charge is 2.26. The van der Waals surface area contributed by atoms with E-state index in [0.717, 1.165) is 31.5 Å². The minimum absolute atomic E-state index is 0.102. The van der Waals surface area contributed by atoms with Gasteiger partial charge in [0.25, 0.3) is 5.69 Å². The van der Waals surface area contributed by atoms with Crippen LogP contribution >= 0.6 is 0 Å². The van der Waals surface area contributed by atoms with Crippen LogP contribution in [0.25, 0.3) is 0 Å². The van der Waals surface area contributed by atoms with E-state index in [2.05, 4.69) is 5.32 Å². The van der Waals surface area contributed by atoms with Crippen LogP contribution in [0.4, 0.5) is 11.4 Å². The summed E-state index contributed by atoms with van der Waals surface area (Å²) in [6, 6.07) is 6.54. The van der Waals surface area contributed by atoms with Gasteiger partial charge >= 0.3 is 0 Å². The molecule has 0 amide bonds. The van der Waals surface area contributed by atoms with E-state index < -0.39 is 4.92 Å². The number of aliphatic hydroxyl groups excluding tert-OH is 1. The summed E-state index contributed by atoms with van der Waals surface area (Å²) in [4.78, 5) is 10.3. The molecule has 1 aromatic carbocycles. The van der Waals surface area contributed by atoms with Crippen molar-refractivity contribution in [1.82, 2.24) is 0 Å². The Balaban J connectivity index is 1.93. The number of aliphatic hydroxyl groups is 1. The second-order valence-corrected chi connectivity index (χ2v) is 4.82. The van der Waals surface area contributed by atoms with Crippen LogP contribution in [0.5, 0.6) is 0 Å². The lowest BCUT2D eigenvalue weighted by molar-refractivity contribution is -0.384. The number of non-ortho nitro benzene ring substituents is 1. The minimum Gasteiger partial charge on any atom is -0.396 e. The van der Waals surface area contributed by atoms with Gasteiger partial charge in [0, 0.05) is 31.0 Å². The molecule has 1 aliphatic rings. The molecular weight excluding hydrogens is 232 g/mol. The molecule has 0 aliphatic heterocycles. The highest BCUT2D eigenvalue weighted by atomic mass is 16.6. The molecule has 2 N–H and O–H groups in total. The normalized spacial score (nSPS) is 22.9. The van der Waals surface area contributed by atoms with E-state index in [1.165, 1.54) is 6.07 Å². The summed E-state index contributed by atoms with van der Waals surface area (Å²) in [6.45, 7) is 1.01. The van der Waals surface area contributed by atoms with E-state index in [0.29, 0.717) is 11.8 Å². The lowest BCUT2D eigenvalue weighted by Crippen LogP contribution is -2.20. The highest BCUT2D eigenvalue weighted by molar-refractivity contribution is 5.50. The maximum absolute atomic E-state index is 10.7. The first-order valence-electron chi connectivity index (χ1n) is 6.30. The fourth-order valence-corrected chi connectivity index (χ4v) is 2.60. The molecule has 0 radical (unpaired) electrons. The van der Waals surface area contributed by atoms with Gasteiger partial charge in [-0.25, -0.2) is 0 Å². The van der Waals surface area contributed by atoms with Crippen molar-refractivity contribution in [1.29, 1.82) is 0 Å². The first kappa shape index (κ1) is 12.8. The summed E-state index contributed by atoms with van der Waals surface area (Å²) in [6.07, 6.45) is 3.36. The Labute approximate surface area is 106 Å². The highest BCUT2D eigenvalue weighted by Crippen LogP contribution is 2.31. The van der Waals surface area contributed by atoms with Gasteiger partial charge in [0.2, 0.25) is 0 Å². The van der Waals surface area contributed by atoms with Crippen molar-refractivity contribution in [2.45, 2.75) is 19.3 Å². The summed E-state index contributed by atoms with van der Waals surface area (Å²) < 4.78 is 0. The van der Waals surface area contributed by atoms with Gasteiger partial charge in [-0.1, -0.05) is 12.5 Å². The summed E-state index contributed by atoms with van der Waals surface area (Å²) in [5, 5.41) is 23.1. The molecule has 2 rings (SSSR count). The van der Waals surface area contributed by atoms with E-state index in [4.69, 9.17) is 0 Å². The predicted molar refractivity (Wildman–Crippen MR) is 69.5 cm³/mol. The number of nitro benzene ring substituents is 1. The maximum atomic E-state index is 10.7. The Bertz CT molecular complexity index is 422. The van der Waals surface area contributed by atoms with Crippen molar-refractivity contribution in [2.24, 2.45) is 11.8 Å². The van der Waals surface area contributed by atoms with Crippen LogP contribution in [0.2, 0.25) is 0 Å². The van der Waals surface area contributed by atoms with Crippen molar-refractivity contribution < 1.29 is 10.0 Å². The van der Waals surface area contributed by atoms with Gasteiger partial charge < -0.3 is 10.4 Å². The van der Waals surface area contributed by atoms with Gasteiger partial charge in [-0.3, -0.25) is 10.1 Å². The number of anilines is 1. The second-order valence-electron chi connectivity index (χ2n) is 4.82. The van der Waals surface area contributed by atoms with Crippen LogP contribution in [0.3, 0.4) is 0 Å². The van der Waals surface area contributed by atoms with E-state index in [1.54, 1.807) is 12.1 Å². The fourth-order valence-electron chi connectivity index (χ4n) is 2.60. The SMILES string of the molecule is O=[N+]([O-])c1cccc(NCC2CCCC2CO)c1. The lowest BCUT2D eigenvalue weighted by Gasteiger charge is -2.18. The number of rotatable bonds is 5. The van der Waals surface area contributed by atoms with Crippen molar-refractivity contribution >= 4 is 11.4 Å². The zero-order valence-corrected chi connectivity index (χ0v) is 10.2. The molecule has 1 fully saturated rings. The second kappa shape index (κ2) is 5.82. The Morgan fingerprint density at radius 1 is 1.39 bits per heavy atom. The number of hydrogen-bond donors (Lipinski definition) is 2. The van der Waals surface area contributed by atoms with Crippen LogP contribution in [0.15, 0.2) is 24.3 Å². The molecule has 5 heteroatoms. The number of benzene rings is 1. The summed E-state index contributed by atoms with van der Waals surface area (Å²) in [5.74, 6) is 0.838. The molecule has 18 heavy (non-hydrogen) atoms. The summed E-state index contributed by atoms with van der Waals surface area (Å²) in [7, 11) is 0. The average molecular weight is 250 g/mol. The number of nitro groups is 1. The first-order valence-corrected chi connectivity index (χ1v) is 6.30. The van der Waals surface area contributed by atoms with Crippen LogP contribution in [-0.4, -0.2) is 23.2 Å². The van der Waals surface area contributed by atoms with Gasteiger partial charge in [-0.15, -0.1) is 0 Å². The van der Waals surface area contributed by atoms with Crippen LogP contribution in [-0.2, 0) is 0 Å². The molecule has 1 saturated carbocycles. The number of nitrogens with zero attached hydrogens (tertiary/aromatic N) is 1. The van der Waals surface area contributed by atoms with Gasteiger partial charge in [-0.05, 0) is 30.7 Å². The van der Waals surface area contributed by atoms with Crippen LogP contribution in [0, 0.1) is 22.0 Å². The van der Waals surface area contributed by atoms with Gasteiger partial charge in [0.05, 0.1) is 4.92 Å². The zero-order chi connectivity index (χ0) is 13.0. The van der Waals surface area contributed by atoms with Gasteiger partial charge in [0.15, 0.2) is 0 Å². The first-order chi connectivity index (χ1) is 8.70. The van der Waals surface area contributed by atoms with E-state index >= 15 is 0 Å². The van der Waals surface area contributed by atoms with E-state index in [1.807, 2.05) is 6.07 Å². The van der Waals surface area contributed by atoms with Gasteiger partial charge in [-0.2, -0.15) is 0 Å². The molecule has 0 bridgehead atoms. The Morgan fingerprint density at radius 2 is 2.17 bits per heavy atom. The molecule has 2 unspecified atom stereocenters. The third-order valence-electron chi connectivity index (χ3n) is 3.68. The topological polar surface area (TPSA) is 75.4 Å². The quantitative estimate of drug-likeness (QED) is 0.621. The summed E-state index contributed by atoms with van der Waals surface area (Å²) in [5.41, 5.74) is 0.873. The van der Waals surface area contributed by atoms with Crippen LogP contribution in [0.1, 0.15) is 19.3 Å². The molecule has 0 spiro atoms. The third-order valence-corrected chi connectivity index (χ3v) is 3.68. The molecule has 0 saturated heterocycles. The van der Waals surface area contributed by atoms with Crippen molar-refractivity contribution in [2.75, 3.05) is 18.5 Å². The zero-order valence-electron chi connectivity index (χ0n) is 10.2.